The lowest BCUT2D eigenvalue weighted by molar-refractivity contribution is 0.112. The number of benzene rings is 1. The number of rotatable bonds is 2. The predicted octanol–water partition coefficient (Wildman–Crippen LogP) is 2.80. The van der Waals surface area contributed by atoms with Gasteiger partial charge in [0, 0.05) is 24.3 Å². The summed E-state index contributed by atoms with van der Waals surface area (Å²) in [4.78, 5) is 13.2. The summed E-state index contributed by atoms with van der Waals surface area (Å²) in [6.07, 6.45) is 4.82. The van der Waals surface area contributed by atoms with Gasteiger partial charge in [-0.3, -0.25) is 4.79 Å². The molecule has 2 nitrogen and oxygen atoms in total. The highest BCUT2D eigenvalue weighted by Gasteiger charge is 2.11. The lowest BCUT2D eigenvalue weighted by atomic mass is 10.1. The summed E-state index contributed by atoms with van der Waals surface area (Å²) in [6, 6.07) is 6.16. The molecule has 0 aliphatic carbocycles. The molecule has 0 unspecified atom stereocenters. The van der Waals surface area contributed by atoms with Gasteiger partial charge in [0.05, 0.1) is 0 Å². The van der Waals surface area contributed by atoms with Gasteiger partial charge in [-0.25, -0.2) is 0 Å². The first kappa shape index (κ1) is 10.2. The minimum atomic E-state index is 0.818. The van der Waals surface area contributed by atoms with Crippen LogP contribution in [-0.2, 0) is 0 Å². The molecule has 0 N–H and O–H groups in total. The number of hydrogen-bond acceptors (Lipinski definition) is 2. The Kier molecular flexibility index (Phi) is 3.05. The number of piperidine rings is 1. The van der Waals surface area contributed by atoms with Crippen LogP contribution in [0.4, 0.5) is 5.69 Å². The van der Waals surface area contributed by atoms with Gasteiger partial charge in [-0.05, 0) is 43.9 Å². The Labute approximate surface area is 90.9 Å². The lowest BCUT2D eigenvalue weighted by Crippen LogP contribution is -2.29. The van der Waals surface area contributed by atoms with Crippen LogP contribution in [0.3, 0.4) is 0 Å². The average Bonchev–Trinajstić information content (AvgIpc) is 2.31. The smallest absolute Gasteiger partial charge is 0.150 e. The van der Waals surface area contributed by atoms with Crippen molar-refractivity contribution in [2.75, 3.05) is 18.0 Å². The summed E-state index contributed by atoms with van der Waals surface area (Å²) in [5.41, 5.74) is 3.08. The van der Waals surface area contributed by atoms with Crippen molar-refractivity contribution in [3.8, 4) is 0 Å². The summed E-state index contributed by atoms with van der Waals surface area (Å²) in [5, 5.41) is 0. The molecule has 0 atom stereocenters. The highest BCUT2D eigenvalue weighted by atomic mass is 16.1. The van der Waals surface area contributed by atoms with Crippen molar-refractivity contribution in [2.24, 2.45) is 0 Å². The fourth-order valence-electron chi connectivity index (χ4n) is 2.10. The molecule has 0 radical (unpaired) electrons. The van der Waals surface area contributed by atoms with Gasteiger partial charge >= 0.3 is 0 Å². The molecule has 1 saturated heterocycles. The molecule has 0 spiro atoms. The largest absolute Gasteiger partial charge is 0.372 e. The van der Waals surface area contributed by atoms with Crippen molar-refractivity contribution in [2.45, 2.75) is 26.2 Å². The zero-order valence-corrected chi connectivity index (χ0v) is 9.20. The zero-order valence-electron chi connectivity index (χ0n) is 9.20. The quantitative estimate of drug-likeness (QED) is 0.689. The standard InChI is InChI=1S/C13H17NO/c1-11-5-6-13(9-12(11)10-15)14-7-3-2-4-8-14/h5-6,9-10H,2-4,7-8H2,1H3. The van der Waals surface area contributed by atoms with E-state index >= 15 is 0 Å². The van der Waals surface area contributed by atoms with E-state index in [1.54, 1.807) is 0 Å². The van der Waals surface area contributed by atoms with Crippen LogP contribution in [0.25, 0.3) is 0 Å². The maximum absolute atomic E-state index is 10.8. The zero-order chi connectivity index (χ0) is 10.7. The molecule has 0 amide bonds. The molecule has 1 heterocycles. The Morgan fingerprint density at radius 2 is 1.93 bits per heavy atom. The van der Waals surface area contributed by atoms with Gasteiger partial charge in [-0.1, -0.05) is 6.07 Å². The fourth-order valence-corrected chi connectivity index (χ4v) is 2.10. The van der Waals surface area contributed by atoms with Gasteiger partial charge in [0.25, 0.3) is 0 Å². The predicted molar refractivity (Wildman–Crippen MR) is 62.6 cm³/mol. The second-order valence-electron chi connectivity index (χ2n) is 4.21. The van der Waals surface area contributed by atoms with Crippen LogP contribution in [0.5, 0.6) is 0 Å². The molecule has 1 aliphatic heterocycles. The monoisotopic (exact) mass is 203 g/mol. The SMILES string of the molecule is Cc1ccc(N2CCCCC2)cc1C=O. The van der Waals surface area contributed by atoms with Gasteiger partial charge in [-0.2, -0.15) is 0 Å². The third-order valence-corrected chi connectivity index (χ3v) is 3.11. The van der Waals surface area contributed by atoms with Crippen molar-refractivity contribution in [3.63, 3.8) is 0 Å². The minimum absolute atomic E-state index is 0.818. The summed E-state index contributed by atoms with van der Waals surface area (Å²) < 4.78 is 0. The van der Waals surface area contributed by atoms with Gasteiger partial charge in [-0.15, -0.1) is 0 Å². The summed E-state index contributed by atoms with van der Waals surface area (Å²) in [5.74, 6) is 0. The average molecular weight is 203 g/mol. The molecule has 0 bridgehead atoms. The maximum atomic E-state index is 10.8. The molecule has 80 valence electrons. The normalized spacial score (nSPS) is 16.5. The molecule has 0 saturated carbocycles. The lowest BCUT2D eigenvalue weighted by Gasteiger charge is -2.29. The first-order chi connectivity index (χ1) is 7.31. The van der Waals surface area contributed by atoms with Gasteiger partial charge in [0.1, 0.15) is 6.29 Å². The van der Waals surface area contributed by atoms with Crippen LogP contribution >= 0.6 is 0 Å². The molecule has 15 heavy (non-hydrogen) atoms. The van der Waals surface area contributed by atoms with E-state index in [-0.39, 0.29) is 0 Å². The third-order valence-electron chi connectivity index (χ3n) is 3.11. The Bertz CT molecular complexity index is 354. The van der Waals surface area contributed by atoms with Crippen LogP contribution in [0, 0.1) is 6.92 Å². The highest BCUT2D eigenvalue weighted by Crippen LogP contribution is 2.21. The van der Waals surface area contributed by atoms with E-state index in [2.05, 4.69) is 11.0 Å². The van der Waals surface area contributed by atoms with Gasteiger partial charge in [0.15, 0.2) is 0 Å². The van der Waals surface area contributed by atoms with E-state index in [1.807, 2.05) is 19.1 Å². The molecule has 1 aliphatic rings. The van der Waals surface area contributed by atoms with E-state index in [9.17, 15) is 4.79 Å². The van der Waals surface area contributed by atoms with E-state index in [0.717, 1.165) is 30.5 Å². The molecule has 1 aromatic carbocycles. The number of aryl methyl sites for hydroxylation is 1. The fraction of sp³-hybridized carbons (Fsp3) is 0.462. The van der Waals surface area contributed by atoms with Crippen LogP contribution in [0.2, 0.25) is 0 Å². The Balaban J connectivity index is 2.23. The number of carbonyl (C=O) groups excluding carboxylic acids is 1. The minimum Gasteiger partial charge on any atom is -0.372 e. The molecule has 2 rings (SSSR count). The van der Waals surface area contributed by atoms with Crippen molar-refractivity contribution in [1.29, 1.82) is 0 Å². The summed E-state index contributed by atoms with van der Waals surface area (Å²) in [7, 11) is 0. The summed E-state index contributed by atoms with van der Waals surface area (Å²) in [6.45, 7) is 4.23. The highest BCUT2D eigenvalue weighted by molar-refractivity contribution is 5.79. The first-order valence-corrected chi connectivity index (χ1v) is 5.62. The summed E-state index contributed by atoms with van der Waals surface area (Å²) >= 11 is 0. The van der Waals surface area contributed by atoms with E-state index in [4.69, 9.17) is 0 Å². The van der Waals surface area contributed by atoms with Crippen LogP contribution in [-0.4, -0.2) is 19.4 Å². The first-order valence-electron chi connectivity index (χ1n) is 5.62. The van der Waals surface area contributed by atoms with Crippen molar-refractivity contribution < 1.29 is 4.79 Å². The van der Waals surface area contributed by atoms with E-state index < -0.39 is 0 Å². The van der Waals surface area contributed by atoms with Crippen molar-refractivity contribution >= 4 is 12.0 Å². The maximum Gasteiger partial charge on any atom is 0.150 e. The molecular weight excluding hydrogens is 186 g/mol. The van der Waals surface area contributed by atoms with E-state index in [1.165, 1.54) is 24.9 Å². The van der Waals surface area contributed by atoms with Crippen molar-refractivity contribution in [1.82, 2.24) is 0 Å². The van der Waals surface area contributed by atoms with Crippen LogP contribution in [0.1, 0.15) is 35.2 Å². The number of nitrogens with zero attached hydrogens (tertiary/aromatic N) is 1. The van der Waals surface area contributed by atoms with Crippen LogP contribution < -0.4 is 4.90 Å². The molecular formula is C13H17NO. The Morgan fingerprint density at radius 1 is 1.20 bits per heavy atom. The van der Waals surface area contributed by atoms with Gasteiger partial charge in [0.2, 0.25) is 0 Å². The number of hydrogen-bond donors (Lipinski definition) is 0. The number of anilines is 1. The number of aldehydes is 1. The van der Waals surface area contributed by atoms with Crippen LogP contribution in [0.15, 0.2) is 18.2 Å². The Morgan fingerprint density at radius 3 is 2.60 bits per heavy atom. The second kappa shape index (κ2) is 4.47. The molecule has 1 fully saturated rings. The van der Waals surface area contributed by atoms with Gasteiger partial charge < -0.3 is 4.90 Å². The molecule has 1 aromatic rings. The topological polar surface area (TPSA) is 20.3 Å². The van der Waals surface area contributed by atoms with E-state index in [0.29, 0.717) is 0 Å². The molecule has 2 heteroatoms. The second-order valence-corrected chi connectivity index (χ2v) is 4.21. The van der Waals surface area contributed by atoms with Crippen molar-refractivity contribution in [3.05, 3.63) is 29.3 Å². The Hall–Kier alpha value is -1.31. The third kappa shape index (κ3) is 2.20. The number of carbonyl (C=O) groups is 1. The molecule has 0 aromatic heterocycles.